The summed E-state index contributed by atoms with van der Waals surface area (Å²) in [6.45, 7) is 6.32. The van der Waals surface area contributed by atoms with Crippen LogP contribution in [0.15, 0.2) is 24.0 Å². The Kier molecular flexibility index (Phi) is 5.64. The normalized spacial score (nSPS) is 28.4. The van der Waals surface area contributed by atoms with Crippen LogP contribution >= 0.6 is 0 Å². The van der Waals surface area contributed by atoms with E-state index in [4.69, 9.17) is 9.84 Å². The first-order valence-electron chi connectivity index (χ1n) is 7.70. The van der Waals surface area contributed by atoms with Crippen molar-refractivity contribution in [2.45, 2.75) is 32.2 Å². The molecule has 1 aliphatic heterocycles. The lowest BCUT2D eigenvalue weighted by atomic mass is 9.76. The highest BCUT2D eigenvalue weighted by atomic mass is 16.5. The summed E-state index contributed by atoms with van der Waals surface area (Å²) in [5, 5.41) is 12.3. The lowest BCUT2D eigenvalue weighted by molar-refractivity contribution is 0.146. The van der Waals surface area contributed by atoms with Gasteiger partial charge in [0, 0.05) is 18.0 Å². The predicted octanol–water partition coefficient (Wildman–Crippen LogP) is 1.53. The SMILES string of the molecule is CN[C@H](CN1CCCC1)C1(C)C=CC(OCCO)=CC1. The maximum Gasteiger partial charge on any atom is 0.115 e. The molecule has 1 aliphatic carbocycles. The average molecular weight is 280 g/mol. The lowest BCUT2D eigenvalue weighted by Gasteiger charge is -2.38. The third-order valence-corrected chi connectivity index (χ3v) is 4.52. The molecule has 1 heterocycles. The molecule has 2 N–H and O–H groups in total. The molecular weight excluding hydrogens is 252 g/mol. The monoisotopic (exact) mass is 280 g/mol. The number of likely N-dealkylation sites (N-methyl/N-ethyl adjacent to an activating group) is 1. The van der Waals surface area contributed by atoms with E-state index in [1.54, 1.807) is 0 Å². The van der Waals surface area contributed by atoms with Gasteiger partial charge in [0.05, 0.1) is 6.61 Å². The van der Waals surface area contributed by atoms with Crippen molar-refractivity contribution in [1.29, 1.82) is 0 Å². The van der Waals surface area contributed by atoms with Gasteiger partial charge in [-0.05, 0) is 51.6 Å². The molecule has 20 heavy (non-hydrogen) atoms. The summed E-state index contributed by atoms with van der Waals surface area (Å²) in [5.74, 6) is 0.882. The maximum atomic E-state index is 8.79. The molecular formula is C16H28N2O2. The summed E-state index contributed by atoms with van der Waals surface area (Å²) in [5.41, 5.74) is 0.128. The van der Waals surface area contributed by atoms with Crippen LogP contribution in [0.25, 0.3) is 0 Å². The molecule has 1 fully saturated rings. The van der Waals surface area contributed by atoms with Crippen molar-refractivity contribution in [1.82, 2.24) is 10.2 Å². The van der Waals surface area contributed by atoms with E-state index in [2.05, 4.69) is 36.3 Å². The van der Waals surface area contributed by atoms with Gasteiger partial charge in [0.2, 0.25) is 0 Å². The van der Waals surface area contributed by atoms with Gasteiger partial charge in [0.1, 0.15) is 12.4 Å². The van der Waals surface area contributed by atoms with E-state index in [0.717, 1.165) is 18.7 Å². The Morgan fingerprint density at radius 1 is 1.45 bits per heavy atom. The van der Waals surface area contributed by atoms with Crippen LogP contribution in [-0.4, -0.2) is 55.9 Å². The van der Waals surface area contributed by atoms with Gasteiger partial charge in [-0.3, -0.25) is 0 Å². The zero-order valence-electron chi connectivity index (χ0n) is 12.8. The van der Waals surface area contributed by atoms with Gasteiger partial charge in [-0.15, -0.1) is 0 Å². The second-order valence-electron chi connectivity index (χ2n) is 6.07. The summed E-state index contributed by atoms with van der Waals surface area (Å²) in [4.78, 5) is 2.56. The number of aliphatic hydroxyl groups excluding tert-OH is 1. The van der Waals surface area contributed by atoms with Gasteiger partial charge in [0.25, 0.3) is 0 Å². The molecule has 114 valence electrons. The van der Waals surface area contributed by atoms with Crippen LogP contribution in [0.3, 0.4) is 0 Å². The number of rotatable bonds is 7. The highest BCUT2D eigenvalue weighted by molar-refractivity contribution is 5.23. The minimum absolute atomic E-state index is 0.0660. The molecule has 0 bridgehead atoms. The van der Waals surface area contributed by atoms with Crippen molar-refractivity contribution >= 4 is 0 Å². The highest BCUT2D eigenvalue weighted by Gasteiger charge is 2.33. The van der Waals surface area contributed by atoms with Gasteiger partial charge in [-0.1, -0.05) is 13.0 Å². The molecule has 4 nitrogen and oxygen atoms in total. The highest BCUT2D eigenvalue weighted by Crippen LogP contribution is 2.34. The molecule has 0 radical (unpaired) electrons. The molecule has 2 atom stereocenters. The molecule has 0 amide bonds. The Hall–Kier alpha value is -0.840. The van der Waals surface area contributed by atoms with Crippen molar-refractivity contribution < 1.29 is 9.84 Å². The van der Waals surface area contributed by atoms with E-state index in [1.807, 2.05) is 6.08 Å². The van der Waals surface area contributed by atoms with Crippen molar-refractivity contribution in [3.63, 3.8) is 0 Å². The molecule has 1 saturated heterocycles. The molecule has 1 unspecified atom stereocenters. The quantitative estimate of drug-likeness (QED) is 0.742. The number of nitrogens with one attached hydrogen (secondary N) is 1. The van der Waals surface area contributed by atoms with E-state index in [1.165, 1.54) is 25.9 Å². The molecule has 2 rings (SSSR count). The van der Waals surface area contributed by atoms with Crippen LogP contribution < -0.4 is 5.32 Å². The van der Waals surface area contributed by atoms with E-state index >= 15 is 0 Å². The zero-order valence-corrected chi connectivity index (χ0v) is 12.8. The number of ether oxygens (including phenoxy) is 1. The van der Waals surface area contributed by atoms with Crippen molar-refractivity contribution in [3.05, 3.63) is 24.0 Å². The lowest BCUT2D eigenvalue weighted by Crippen LogP contribution is -2.48. The Morgan fingerprint density at radius 2 is 2.20 bits per heavy atom. The zero-order chi connectivity index (χ0) is 14.4. The molecule has 4 heteroatoms. The van der Waals surface area contributed by atoms with Crippen LogP contribution in [0.2, 0.25) is 0 Å². The summed E-state index contributed by atoms with van der Waals surface area (Å²) >= 11 is 0. The van der Waals surface area contributed by atoms with E-state index < -0.39 is 0 Å². The van der Waals surface area contributed by atoms with Crippen molar-refractivity contribution in [2.75, 3.05) is 39.9 Å². The third-order valence-electron chi connectivity index (χ3n) is 4.52. The van der Waals surface area contributed by atoms with E-state index in [-0.39, 0.29) is 12.0 Å². The number of likely N-dealkylation sites (tertiary alicyclic amines) is 1. The second-order valence-corrected chi connectivity index (χ2v) is 6.07. The van der Waals surface area contributed by atoms with Crippen LogP contribution in [0.5, 0.6) is 0 Å². The molecule has 0 aromatic rings. The second kappa shape index (κ2) is 7.25. The number of allylic oxidation sites excluding steroid dienone is 2. The van der Waals surface area contributed by atoms with E-state index in [9.17, 15) is 0 Å². The Balaban J connectivity index is 1.92. The first kappa shape index (κ1) is 15.5. The smallest absolute Gasteiger partial charge is 0.115 e. The van der Waals surface area contributed by atoms with Crippen molar-refractivity contribution in [2.24, 2.45) is 5.41 Å². The van der Waals surface area contributed by atoms with Crippen LogP contribution in [0.4, 0.5) is 0 Å². The summed E-state index contributed by atoms with van der Waals surface area (Å²) < 4.78 is 5.47. The Morgan fingerprint density at radius 3 is 2.75 bits per heavy atom. The van der Waals surface area contributed by atoms with Crippen LogP contribution in [0.1, 0.15) is 26.2 Å². The molecule has 0 aromatic carbocycles. The average Bonchev–Trinajstić information content (AvgIpc) is 2.97. The minimum atomic E-state index is 0.0660. The summed E-state index contributed by atoms with van der Waals surface area (Å²) in [7, 11) is 2.06. The standard InChI is InChI=1S/C16H28N2O2/c1-16(7-5-14(6-8-16)20-12-11-19)15(17-2)13-18-9-3-4-10-18/h5-7,15,17,19H,3-4,8-13H2,1-2H3/t15-,16?/m1/s1. The Labute approximate surface area is 122 Å². The van der Waals surface area contributed by atoms with Crippen molar-refractivity contribution in [3.8, 4) is 0 Å². The fourth-order valence-corrected chi connectivity index (χ4v) is 3.11. The first-order valence-corrected chi connectivity index (χ1v) is 7.70. The number of aliphatic hydroxyl groups is 1. The van der Waals surface area contributed by atoms with Crippen LogP contribution in [-0.2, 0) is 4.74 Å². The molecule has 0 saturated carbocycles. The van der Waals surface area contributed by atoms with Crippen LogP contribution in [0, 0.1) is 5.41 Å². The van der Waals surface area contributed by atoms with Gasteiger partial charge in [0.15, 0.2) is 0 Å². The third kappa shape index (κ3) is 3.84. The topological polar surface area (TPSA) is 44.7 Å². The fraction of sp³-hybridized carbons (Fsp3) is 0.750. The maximum absolute atomic E-state index is 8.79. The van der Waals surface area contributed by atoms with E-state index in [0.29, 0.717) is 12.6 Å². The minimum Gasteiger partial charge on any atom is -0.492 e. The van der Waals surface area contributed by atoms with Gasteiger partial charge in [-0.25, -0.2) is 0 Å². The summed E-state index contributed by atoms with van der Waals surface area (Å²) in [6, 6.07) is 0.451. The Bertz CT molecular complexity index is 361. The number of nitrogens with zero attached hydrogens (tertiary/aromatic N) is 1. The number of hydrogen-bond acceptors (Lipinski definition) is 4. The molecule has 0 spiro atoms. The largest absolute Gasteiger partial charge is 0.492 e. The fourth-order valence-electron chi connectivity index (χ4n) is 3.11. The van der Waals surface area contributed by atoms with Gasteiger partial charge in [-0.2, -0.15) is 0 Å². The predicted molar refractivity (Wildman–Crippen MR) is 81.5 cm³/mol. The number of hydrogen-bond donors (Lipinski definition) is 2. The van der Waals surface area contributed by atoms with Gasteiger partial charge >= 0.3 is 0 Å². The first-order chi connectivity index (χ1) is 9.68. The molecule has 0 aromatic heterocycles. The van der Waals surface area contributed by atoms with Gasteiger partial charge < -0.3 is 20.1 Å². The molecule has 2 aliphatic rings. The summed E-state index contributed by atoms with van der Waals surface area (Å²) in [6.07, 6.45) is 10.1.